The molecule has 1 fully saturated rings. The zero-order valence-corrected chi connectivity index (χ0v) is 16.9. The van der Waals surface area contributed by atoms with E-state index in [1.807, 2.05) is 6.07 Å². The van der Waals surface area contributed by atoms with Crippen molar-refractivity contribution in [3.8, 4) is 5.75 Å². The molecule has 1 aliphatic rings. The number of hydrogen-bond acceptors (Lipinski definition) is 4. The normalized spacial score (nSPS) is 14.6. The first-order chi connectivity index (χ1) is 13.6. The van der Waals surface area contributed by atoms with Crippen LogP contribution in [0.1, 0.15) is 48.0 Å². The molecule has 5 nitrogen and oxygen atoms in total. The van der Waals surface area contributed by atoms with E-state index in [1.54, 1.807) is 48.7 Å². The van der Waals surface area contributed by atoms with Crippen molar-refractivity contribution in [3.63, 3.8) is 0 Å². The summed E-state index contributed by atoms with van der Waals surface area (Å²) in [4.78, 5) is 12.2. The maximum absolute atomic E-state index is 12.2. The Morgan fingerprint density at radius 2 is 1.89 bits per heavy atom. The van der Waals surface area contributed by atoms with Gasteiger partial charge in [0.1, 0.15) is 5.75 Å². The van der Waals surface area contributed by atoms with Crippen molar-refractivity contribution >= 4 is 41.1 Å². The summed E-state index contributed by atoms with van der Waals surface area (Å²) in [5.74, 6) is -0.00597. The summed E-state index contributed by atoms with van der Waals surface area (Å²) < 4.78 is 5.41. The Bertz CT molecular complexity index is 849. The fourth-order valence-corrected chi connectivity index (χ4v) is 3.39. The van der Waals surface area contributed by atoms with Gasteiger partial charge in [0.25, 0.3) is 0 Å². The van der Waals surface area contributed by atoms with Crippen LogP contribution in [0.5, 0.6) is 5.75 Å². The molecule has 0 aliphatic heterocycles. The number of benzene rings is 2. The highest BCUT2D eigenvalue weighted by Gasteiger charge is 2.13. The van der Waals surface area contributed by atoms with E-state index in [2.05, 4.69) is 15.8 Å². The van der Waals surface area contributed by atoms with Crippen LogP contribution < -0.4 is 15.5 Å². The number of ether oxygens (including phenoxy) is 1. The van der Waals surface area contributed by atoms with Gasteiger partial charge in [0.2, 0.25) is 0 Å². The Morgan fingerprint density at radius 1 is 1.14 bits per heavy atom. The third kappa shape index (κ3) is 6.32. The van der Waals surface area contributed by atoms with Gasteiger partial charge in [-0.2, -0.15) is 5.10 Å². The molecule has 0 bridgehead atoms. The number of thiocarbonyl (C=S) groups is 1. The summed E-state index contributed by atoms with van der Waals surface area (Å²) in [6.45, 7) is 0. The largest absolute Gasteiger partial charge is 0.423 e. The number of nitrogens with one attached hydrogen (secondary N) is 2. The first kappa shape index (κ1) is 20.3. The van der Waals surface area contributed by atoms with Gasteiger partial charge in [0.15, 0.2) is 5.11 Å². The van der Waals surface area contributed by atoms with Crippen LogP contribution in [0.3, 0.4) is 0 Å². The van der Waals surface area contributed by atoms with E-state index < -0.39 is 5.97 Å². The summed E-state index contributed by atoms with van der Waals surface area (Å²) in [5.41, 5.74) is 4.06. The lowest BCUT2D eigenvalue weighted by Gasteiger charge is -2.23. The third-order valence-corrected chi connectivity index (χ3v) is 4.93. The van der Waals surface area contributed by atoms with Gasteiger partial charge >= 0.3 is 5.97 Å². The third-order valence-electron chi connectivity index (χ3n) is 4.47. The van der Waals surface area contributed by atoms with E-state index in [1.165, 1.54) is 19.3 Å². The molecule has 0 heterocycles. The summed E-state index contributed by atoms with van der Waals surface area (Å²) in [7, 11) is 0. The Labute approximate surface area is 175 Å². The summed E-state index contributed by atoms with van der Waals surface area (Å²) in [6, 6.07) is 14.1. The average molecular weight is 416 g/mol. The molecule has 7 heteroatoms. The van der Waals surface area contributed by atoms with E-state index in [4.69, 9.17) is 28.6 Å². The van der Waals surface area contributed by atoms with Crippen molar-refractivity contribution in [1.29, 1.82) is 0 Å². The Hall–Kier alpha value is -2.44. The molecule has 2 N–H and O–H groups in total. The van der Waals surface area contributed by atoms with Crippen LogP contribution in [0.15, 0.2) is 53.6 Å². The molecule has 0 atom stereocenters. The van der Waals surface area contributed by atoms with Gasteiger partial charge in [-0.25, -0.2) is 4.79 Å². The molecule has 0 saturated heterocycles. The van der Waals surface area contributed by atoms with Gasteiger partial charge in [-0.1, -0.05) is 43.0 Å². The van der Waals surface area contributed by atoms with Gasteiger partial charge in [0.05, 0.1) is 11.8 Å². The molecule has 2 aromatic carbocycles. The molecular formula is C21H22ClN3O2S. The Morgan fingerprint density at radius 3 is 2.64 bits per heavy atom. The van der Waals surface area contributed by atoms with E-state index in [9.17, 15) is 4.79 Å². The minimum Gasteiger partial charge on any atom is -0.423 e. The topological polar surface area (TPSA) is 62.7 Å². The average Bonchev–Trinajstić information content (AvgIpc) is 2.69. The number of carbonyl (C=O) groups excluding carboxylic acids is 1. The van der Waals surface area contributed by atoms with Gasteiger partial charge < -0.3 is 10.1 Å². The number of hydrogen-bond donors (Lipinski definition) is 2. The molecular weight excluding hydrogens is 394 g/mol. The first-order valence-electron chi connectivity index (χ1n) is 9.27. The second kappa shape index (κ2) is 10.2. The fraction of sp³-hybridized carbons (Fsp3) is 0.286. The van der Waals surface area contributed by atoms with E-state index in [-0.39, 0.29) is 0 Å². The zero-order valence-electron chi connectivity index (χ0n) is 15.4. The van der Waals surface area contributed by atoms with Crippen LogP contribution in [-0.2, 0) is 0 Å². The van der Waals surface area contributed by atoms with E-state index >= 15 is 0 Å². The number of nitrogens with zero attached hydrogens (tertiary/aromatic N) is 1. The van der Waals surface area contributed by atoms with Crippen molar-refractivity contribution in [2.45, 2.75) is 38.1 Å². The summed E-state index contributed by atoms with van der Waals surface area (Å²) in [5, 5.41) is 8.54. The van der Waals surface area contributed by atoms with Gasteiger partial charge in [-0.05, 0) is 67.0 Å². The SMILES string of the molecule is O=C(Oc1cccc(/C=N\NC(=S)NC2CCCCC2)c1)c1ccc(Cl)cc1. The smallest absolute Gasteiger partial charge is 0.343 e. The highest BCUT2D eigenvalue weighted by molar-refractivity contribution is 7.80. The number of esters is 1. The second-order valence-corrected chi connectivity index (χ2v) is 7.49. The molecule has 0 spiro atoms. The monoisotopic (exact) mass is 415 g/mol. The Kier molecular flexibility index (Phi) is 7.39. The molecule has 0 amide bonds. The molecule has 2 aromatic rings. The lowest BCUT2D eigenvalue weighted by atomic mass is 9.96. The number of carbonyl (C=O) groups is 1. The summed E-state index contributed by atoms with van der Waals surface area (Å²) in [6.07, 6.45) is 7.71. The number of rotatable bonds is 5. The highest BCUT2D eigenvalue weighted by Crippen LogP contribution is 2.17. The lowest BCUT2D eigenvalue weighted by molar-refractivity contribution is 0.0735. The second-order valence-electron chi connectivity index (χ2n) is 6.65. The highest BCUT2D eigenvalue weighted by atomic mass is 35.5. The van der Waals surface area contributed by atoms with Crippen molar-refractivity contribution < 1.29 is 9.53 Å². The van der Waals surface area contributed by atoms with Crippen LogP contribution >= 0.6 is 23.8 Å². The van der Waals surface area contributed by atoms with Crippen LogP contribution in [0, 0.1) is 0 Å². The maximum Gasteiger partial charge on any atom is 0.343 e. The van der Waals surface area contributed by atoms with Gasteiger partial charge in [0, 0.05) is 11.1 Å². The molecule has 146 valence electrons. The van der Waals surface area contributed by atoms with Crippen molar-refractivity contribution in [2.75, 3.05) is 0 Å². The predicted octanol–water partition coefficient (Wildman–Crippen LogP) is 4.69. The van der Waals surface area contributed by atoms with E-state index in [0.717, 1.165) is 18.4 Å². The number of halogens is 1. The van der Waals surface area contributed by atoms with Crippen LogP contribution in [0.4, 0.5) is 0 Å². The Balaban J connectivity index is 1.52. The molecule has 0 aromatic heterocycles. The quantitative estimate of drug-likeness (QED) is 0.244. The van der Waals surface area contributed by atoms with Crippen LogP contribution in [0.25, 0.3) is 0 Å². The number of hydrazone groups is 1. The van der Waals surface area contributed by atoms with Crippen molar-refractivity contribution in [3.05, 3.63) is 64.7 Å². The van der Waals surface area contributed by atoms with E-state index in [0.29, 0.717) is 27.5 Å². The van der Waals surface area contributed by atoms with Crippen LogP contribution in [-0.4, -0.2) is 23.3 Å². The first-order valence-corrected chi connectivity index (χ1v) is 10.1. The molecule has 3 rings (SSSR count). The van der Waals surface area contributed by atoms with Crippen molar-refractivity contribution in [1.82, 2.24) is 10.7 Å². The minimum atomic E-state index is -0.443. The van der Waals surface area contributed by atoms with Gasteiger partial charge in [-0.15, -0.1) is 0 Å². The predicted molar refractivity (Wildman–Crippen MR) is 116 cm³/mol. The van der Waals surface area contributed by atoms with Crippen LogP contribution in [0.2, 0.25) is 5.02 Å². The van der Waals surface area contributed by atoms with Gasteiger partial charge in [-0.3, -0.25) is 5.43 Å². The minimum absolute atomic E-state index is 0.430. The molecule has 1 aliphatic carbocycles. The molecule has 0 radical (unpaired) electrons. The standard InChI is InChI=1S/C21H22ClN3O2S/c22-17-11-9-16(10-12-17)20(26)27-19-8-4-5-15(13-19)14-23-25-21(28)24-18-6-2-1-3-7-18/h4-5,8-14,18H,1-3,6-7H2,(H2,24,25,28)/b23-14-. The summed E-state index contributed by atoms with van der Waals surface area (Å²) >= 11 is 11.1. The lowest BCUT2D eigenvalue weighted by Crippen LogP contribution is -2.40. The molecule has 28 heavy (non-hydrogen) atoms. The molecule has 0 unspecified atom stereocenters. The maximum atomic E-state index is 12.2. The van der Waals surface area contributed by atoms with Crippen molar-refractivity contribution in [2.24, 2.45) is 5.10 Å². The zero-order chi connectivity index (χ0) is 19.8. The fourth-order valence-electron chi connectivity index (χ4n) is 3.04. The molecule has 1 saturated carbocycles.